The lowest BCUT2D eigenvalue weighted by atomic mass is 10.0. The second-order valence-electron chi connectivity index (χ2n) is 11.8. The quantitative estimate of drug-likeness (QED) is 0.0664. The van der Waals surface area contributed by atoms with Crippen molar-refractivity contribution >= 4 is 5.97 Å². The summed E-state index contributed by atoms with van der Waals surface area (Å²) in [5.74, 6) is -0.664. The first-order valence-electron chi connectivity index (χ1n) is 17.7. The van der Waals surface area contributed by atoms with Gasteiger partial charge in [-0.1, -0.05) is 174 Å². The van der Waals surface area contributed by atoms with Gasteiger partial charge in [-0.25, -0.2) is 0 Å². The highest BCUT2D eigenvalue weighted by atomic mass is 16.4. The molecule has 0 atom stereocenters. The van der Waals surface area contributed by atoms with Gasteiger partial charge < -0.3 is 10.2 Å². The Morgan fingerprint density at radius 1 is 0.436 bits per heavy atom. The topological polar surface area (TPSA) is 57.5 Å². The van der Waals surface area contributed by atoms with Crippen LogP contribution in [0.2, 0.25) is 0 Å². The van der Waals surface area contributed by atoms with E-state index in [4.69, 9.17) is 10.2 Å². The summed E-state index contributed by atoms with van der Waals surface area (Å²) in [4.78, 5) is 10.3. The molecule has 0 saturated carbocycles. The van der Waals surface area contributed by atoms with E-state index in [9.17, 15) is 4.79 Å². The number of allylic oxidation sites excluding steroid dienone is 2. The molecule has 3 nitrogen and oxygen atoms in total. The molecule has 0 aliphatic heterocycles. The Kier molecular flexibility index (Phi) is 40.6. The summed E-state index contributed by atoms with van der Waals surface area (Å²) in [6, 6.07) is 0. The minimum atomic E-state index is -0.664. The van der Waals surface area contributed by atoms with Crippen LogP contribution in [-0.4, -0.2) is 22.8 Å². The van der Waals surface area contributed by atoms with Gasteiger partial charge in [0.1, 0.15) is 0 Å². The molecular formula is C36H72O3. The van der Waals surface area contributed by atoms with Gasteiger partial charge >= 0.3 is 5.97 Å². The van der Waals surface area contributed by atoms with Crippen molar-refractivity contribution in [1.29, 1.82) is 0 Å². The third kappa shape index (κ3) is 44.4. The predicted molar refractivity (Wildman–Crippen MR) is 174 cm³/mol. The van der Waals surface area contributed by atoms with Crippen molar-refractivity contribution in [1.82, 2.24) is 0 Å². The van der Waals surface area contributed by atoms with Gasteiger partial charge in [-0.3, -0.25) is 4.79 Å². The van der Waals surface area contributed by atoms with Gasteiger partial charge in [0, 0.05) is 13.0 Å². The van der Waals surface area contributed by atoms with Crippen LogP contribution in [0.3, 0.4) is 0 Å². The van der Waals surface area contributed by atoms with Crippen LogP contribution in [0.5, 0.6) is 0 Å². The zero-order chi connectivity index (χ0) is 28.9. The maximum atomic E-state index is 10.3. The number of unbranched alkanes of at least 4 members (excludes halogenated alkanes) is 26. The average Bonchev–Trinajstić information content (AvgIpc) is 2.93. The standard InChI is InChI=1S/C18H34O2.C18H38O/c1-2-3-4-5-6-7-8-9-10-11-12-13-14-15-16-17-18(19)20;1-2-3-4-5-6-7-8-9-10-11-12-13-14-15-16-17-18-19/h9-10H,2-8,11-17H2,1H3,(H,19,20);19H,2-18H2,1H3/b10-9-;. The molecular weight excluding hydrogens is 480 g/mol. The van der Waals surface area contributed by atoms with Gasteiger partial charge in [0.15, 0.2) is 0 Å². The maximum absolute atomic E-state index is 10.3. The van der Waals surface area contributed by atoms with E-state index in [0.717, 1.165) is 19.3 Å². The van der Waals surface area contributed by atoms with Crippen molar-refractivity contribution in [2.24, 2.45) is 0 Å². The van der Waals surface area contributed by atoms with Crippen LogP contribution in [0.25, 0.3) is 0 Å². The molecule has 0 radical (unpaired) electrons. The first-order chi connectivity index (χ1) is 19.2. The molecule has 39 heavy (non-hydrogen) atoms. The van der Waals surface area contributed by atoms with Crippen molar-refractivity contribution in [2.75, 3.05) is 6.61 Å². The summed E-state index contributed by atoms with van der Waals surface area (Å²) in [5, 5.41) is 17.2. The molecule has 2 N–H and O–H groups in total. The lowest BCUT2D eigenvalue weighted by Crippen LogP contribution is -1.93. The zero-order valence-corrected chi connectivity index (χ0v) is 26.9. The highest BCUT2D eigenvalue weighted by Crippen LogP contribution is 2.14. The summed E-state index contributed by atoms with van der Waals surface area (Å²) in [7, 11) is 0. The van der Waals surface area contributed by atoms with Crippen molar-refractivity contribution in [3.63, 3.8) is 0 Å². The fourth-order valence-corrected chi connectivity index (χ4v) is 5.01. The zero-order valence-electron chi connectivity index (χ0n) is 26.9. The monoisotopic (exact) mass is 553 g/mol. The van der Waals surface area contributed by atoms with E-state index in [1.807, 2.05) is 0 Å². The summed E-state index contributed by atoms with van der Waals surface area (Å²) >= 11 is 0. The lowest BCUT2D eigenvalue weighted by molar-refractivity contribution is -0.137. The molecule has 0 aliphatic carbocycles. The van der Waals surface area contributed by atoms with Crippen LogP contribution >= 0.6 is 0 Å². The molecule has 234 valence electrons. The van der Waals surface area contributed by atoms with E-state index >= 15 is 0 Å². The summed E-state index contributed by atoms with van der Waals surface area (Å²) in [5.41, 5.74) is 0. The molecule has 0 saturated heterocycles. The van der Waals surface area contributed by atoms with Crippen molar-refractivity contribution in [3.8, 4) is 0 Å². The van der Waals surface area contributed by atoms with Gasteiger partial charge in [-0.2, -0.15) is 0 Å². The number of carbonyl (C=O) groups is 1. The number of aliphatic hydroxyl groups excluding tert-OH is 1. The molecule has 0 aromatic carbocycles. The Balaban J connectivity index is 0. The van der Waals surface area contributed by atoms with E-state index in [1.165, 1.54) is 167 Å². The van der Waals surface area contributed by atoms with Crippen LogP contribution < -0.4 is 0 Å². The third-order valence-electron chi connectivity index (χ3n) is 7.66. The lowest BCUT2D eigenvalue weighted by Gasteiger charge is -2.03. The van der Waals surface area contributed by atoms with Gasteiger partial charge in [0.05, 0.1) is 0 Å². The molecule has 0 amide bonds. The molecule has 0 unspecified atom stereocenters. The van der Waals surface area contributed by atoms with Crippen molar-refractivity contribution in [3.05, 3.63) is 12.2 Å². The number of hydrogen-bond acceptors (Lipinski definition) is 2. The van der Waals surface area contributed by atoms with E-state index < -0.39 is 5.97 Å². The Bertz CT molecular complexity index is 444. The number of aliphatic hydroxyl groups is 1. The Morgan fingerprint density at radius 2 is 0.718 bits per heavy atom. The minimum Gasteiger partial charge on any atom is -0.481 e. The highest BCUT2D eigenvalue weighted by Gasteiger charge is 1.96. The Hall–Kier alpha value is -0.830. The summed E-state index contributed by atoms with van der Waals surface area (Å²) < 4.78 is 0. The molecule has 0 aromatic rings. The van der Waals surface area contributed by atoms with Crippen LogP contribution in [-0.2, 0) is 4.79 Å². The molecule has 0 aliphatic rings. The number of carboxylic acids is 1. The first-order valence-corrected chi connectivity index (χ1v) is 17.7. The van der Waals surface area contributed by atoms with E-state index in [2.05, 4.69) is 26.0 Å². The van der Waals surface area contributed by atoms with Crippen molar-refractivity contribution < 1.29 is 15.0 Å². The van der Waals surface area contributed by atoms with E-state index in [0.29, 0.717) is 13.0 Å². The first kappa shape index (κ1) is 40.3. The number of rotatable bonds is 31. The van der Waals surface area contributed by atoms with Crippen LogP contribution in [0.15, 0.2) is 12.2 Å². The summed E-state index contributed by atoms with van der Waals surface area (Å²) in [6.45, 7) is 4.92. The molecule has 0 spiro atoms. The van der Waals surface area contributed by atoms with Crippen LogP contribution in [0.4, 0.5) is 0 Å². The molecule has 0 heterocycles. The molecule has 0 aromatic heterocycles. The predicted octanol–water partition coefficient (Wildman–Crippen LogP) is 12.3. The average molecular weight is 553 g/mol. The van der Waals surface area contributed by atoms with Gasteiger partial charge in [-0.15, -0.1) is 0 Å². The smallest absolute Gasteiger partial charge is 0.303 e. The fourth-order valence-electron chi connectivity index (χ4n) is 5.01. The Labute approximate surface area is 246 Å². The minimum absolute atomic E-state index is 0.332. The number of aliphatic carboxylic acids is 1. The van der Waals surface area contributed by atoms with Crippen LogP contribution in [0, 0.1) is 0 Å². The third-order valence-corrected chi connectivity index (χ3v) is 7.66. The molecule has 3 heteroatoms. The summed E-state index contributed by atoms with van der Waals surface area (Å²) in [6.07, 6.45) is 43.4. The van der Waals surface area contributed by atoms with Gasteiger partial charge in [-0.05, 0) is 38.5 Å². The van der Waals surface area contributed by atoms with Gasteiger partial charge in [0.2, 0.25) is 0 Å². The van der Waals surface area contributed by atoms with E-state index in [-0.39, 0.29) is 0 Å². The highest BCUT2D eigenvalue weighted by molar-refractivity contribution is 5.66. The van der Waals surface area contributed by atoms with Gasteiger partial charge in [0.25, 0.3) is 0 Å². The SMILES string of the molecule is CCCCCCCC/C=C\CCCCCCCC(=O)O.CCCCCCCCCCCCCCCCCCO. The molecule has 0 rings (SSSR count). The maximum Gasteiger partial charge on any atom is 0.303 e. The van der Waals surface area contributed by atoms with Crippen LogP contribution in [0.1, 0.15) is 206 Å². The normalized spacial score (nSPS) is 11.2. The Morgan fingerprint density at radius 3 is 1.03 bits per heavy atom. The molecule has 0 fully saturated rings. The number of hydrogen-bond donors (Lipinski definition) is 2. The number of carboxylic acid groups (broad SMARTS) is 1. The van der Waals surface area contributed by atoms with E-state index in [1.54, 1.807) is 0 Å². The second kappa shape index (κ2) is 39.3. The van der Waals surface area contributed by atoms with Crippen molar-refractivity contribution in [2.45, 2.75) is 206 Å². The largest absolute Gasteiger partial charge is 0.481 e. The second-order valence-corrected chi connectivity index (χ2v) is 11.8. The fraction of sp³-hybridized carbons (Fsp3) is 0.917. The molecule has 0 bridgehead atoms.